The summed E-state index contributed by atoms with van der Waals surface area (Å²) in [7, 11) is -9.84. The molecule has 0 bridgehead atoms. The zero-order chi connectivity index (χ0) is 79.4. The van der Waals surface area contributed by atoms with Crippen molar-refractivity contribution in [3.63, 3.8) is 0 Å². The van der Waals surface area contributed by atoms with Crippen molar-refractivity contribution in [2.45, 2.75) is 322 Å². The number of phosphoric ester groups is 2. The van der Waals surface area contributed by atoms with Gasteiger partial charge in [-0.2, -0.15) is 0 Å². The third-order valence-corrected chi connectivity index (χ3v) is 18.7. The molecule has 0 fully saturated rings. The monoisotopic (exact) mass is 1560 g/mol. The van der Waals surface area contributed by atoms with Crippen LogP contribution in [0.3, 0.4) is 0 Å². The fourth-order valence-corrected chi connectivity index (χ4v) is 12.1. The van der Waals surface area contributed by atoms with Gasteiger partial charge in [0.15, 0.2) is 6.10 Å². The Hall–Kier alpha value is -5.61. The first-order chi connectivity index (χ1) is 53.2. The summed E-state index contributed by atoms with van der Waals surface area (Å²) in [4.78, 5) is 58.8. The van der Waals surface area contributed by atoms with Gasteiger partial charge >= 0.3 is 33.6 Å². The zero-order valence-corrected chi connectivity index (χ0v) is 69.4. The maximum atomic E-state index is 13.0. The molecule has 0 aromatic carbocycles. The van der Waals surface area contributed by atoms with E-state index >= 15 is 0 Å². The van der Waals surface area contributed by atoms with Gasteiger partial charge in [-0.15, -0.1) is 0 Å². The molecule has 109 heavy (non-hydrogen) atoms. The fraction of sp³-hybridized carbons (Fsp3) is 0.615. The van der Waals surface area contributed by atoms with Crippen molar-refractivity contribution in [3.8, 4) is 0 Å². The first-order valence-electron chi connectivity index (χ1n) is 41.7. The number of phosphoric acid groups is 2. The van der Waals surface area contributed by atoms with E-state index in [4.69, 9.17) is 32.3 Å². The summed E-state index contributed by atoms with van der Waals surface area (Å²) < 4.78 is 61.2. The molecule has 0 spiro atoms. The Labute approximate surface area is 661 Å². The molecule has 0 saturated carbocycles. The molecule has 4 N–H and O–H groups in total. The molecular weight excluding hydrogens is 1410 g/mol. The number of aliphatic hydroxyl groups excluding tert-OH is 2. The predicted molar refractivity (Wildman–Crippen MR) is 454 cm³/mol. The Morgan fingerprint density at radius 2 is 0.505 bits per heavy atom. The lowest BCUT2D eigenvalue weighted by atomic mass is 10.0. The molecule has 0 rings (SSSR count). The van der Waals surface area contributed by atoms with Crippen LogP contribution in [0.25, 0.3) is 0 Å². The molecular formula is C91H148O16P2. The van der Waals surface area contributed by atoms with Crippen LogP contribution < -0.4 is 0 Å². The number of esters is 3. The van der Waals surface area contributed by atoms with E-state index in [0.717, 1.165) is 154 Å². The number of carbonyl (C=O) groups excluding carboxylic acids is 3. The SMILES string of the molecule is CC/C=C\C/C=C\C/C=C\C/C=C\C/C=C\C/C=C\CCCCCCCCCCC(=O)OCC(O)COP(=O)(O)OCC(O)COP(=O)(O)OCC(COC(=O)CCCCCCCCCCCCC/C=C\C/C=C\C/C=C\C/C=C\CCCCC)OC(=O)CC/C=C\C/C=C\C/C=C\C/C=C\C/C=C\C/C=C\CC. The van der Waals surface area contributed by atoms with Crippen LogP contribution in [-0.4, -0.2) is 95.9 Å². The molecule has 16 nitrogen and oxygen atoms in total. The smallest absolute Gasteiger partial charge is 0.463 e. The first-order valence-corrected chi connectivity index (χ1v) is 44.7. The Balaban J connectivity index is 4.71. The van der Waals surface area contributed by atoms with Gasteiger partial charge < -0.3 is 34.2 Å². The highest BCUT2D eigenvalue weighted by atomic mass is 31.2. The van der Waals surface area contributed by atoms with Gasteiger partial charge in [0, 0.05) is 19.3 Å². The predicted octanol–water partition coefficient (Wildman–Crippen LogP) is 25.1. The largest absolute Gasteiger partial charge is 0.472 e. The average molecular weight is 1560 g/mol. The van der Waals surface area contributed by atoms with Gasteiger partial charge in [0.1, 0.15) is 25.4 Å². The molecule has 0 heterocycles. The average Bonchev–Trinajstić information content (AvgIpc) is 0.947. The molecule has 0 aliphatic rings. The van der Waals surface area contributed by atoms with Crippen LogP contribution in [0.4, 0.5) is 0 Å². The molecule has 0 aliphatic heterocycles. The van der Waals surface area contributed by atoms with Gasteiger partial charge in [-0.3, -0.25) is 32.5 Å². The van der Waals surface area contributed by atoms with Crippen LogP contribution in [0.2, 0.25) is 0 Å². The molecule has 0 aromatic rings. The van der Waals surface area contributed by atoms with E-state index in [9.17, 15) is 43.5 Å². The Morgan fingerprint density at radius 3 is 0.807 bits per heavy atom. The van der Waals surface area contributed by atoms with Crippen molar-refractivity contribution >= 4 is 33.6 Å². The lowest BCUT2D eigenvalue weighted by Gasteiger charge is -2.21. The second kappa shape index (κ2) is 81.9. The minimum atomic E-state index is -4.97. The van der Waals surface area contributed by atoms with E-state index in [1.54, 1.807) is 0 Å². The summed E-state index contributed by atoms with van der Waals surface area (Å²) >= 11 is 0. The van der Waals surface area contributed by atoms with Gasteiger partial charge in [-0.1, -0.05) is 324 Å². The molecule has 0 radical (unpaired) electrons. The summed E-state index contributed by atoms with van der Waals surface area (Å²) in [6.45, 7) is 2.31. The number of aliphatic hydroxyl groups is 2. The first kappa shape index (κ1) is 103. The summed E-state index contributed by atoms with van der Waals surface area (Å²) in [5, 5.41) is 20.7. The second-order valence-corrected chi connectivity index (χ2v) is 30.1. The number of ether oxygens (including phenoxy) is 3. The Kier molecular flexibility index (Phi) is 77.7. The molecule has 0 aromatic heterocycles. The van der Waals surface area contributed by atoms with Gasteiger partial charge in [-0.05, 0) is 154 Å². The number of hydrogen-bond acceptors (Lipinski definition) is 14. The number of allylic oxidation sites excluding steroid dienone is 32. The highest BCUT2D eigenvalue weighted by Gasteiger charge is 2.29. The topological polar surface area (TPSA) is 231 Å². The van der Waals surface area contributed by atoms with Crippen LogP contribution in [0.1, 0.15) is 303 Å². The summed E-state index contributed by atoms with van der Waals surface area (Å²) in [6, 6.07) is 0. The number of carbonyl (C=O) groups is 3. The third-order valence-electron chi connectivity index (χ3n) is 16.8. The molecule has 618 valence electrons. The van der Waals surface area contributed by atoms with E-state index in [2.05, 4.69) is 197 Å². The van der Waals surface area contributed by atoms with Crippen molar-refractivity contribution in [1.82, 2.24) is 0 Å². The number of rotatable bonds is 77. The minimum absolute atomic E-state index is 0.0282. The maximum Gasteiger partial charge on any atom is 0.472 e. The highest BCUT2D eigenvalue weighted by Crippen LogP contribution is 2.45. The van der Waals surface area contributed by atoms with Gasteiger partial charge in [0.25, 0.3) is 0 Å². The van der Waals surface area contributed by atoms with E-state index < -0.39 is 91.5 Å². The zero-order valence-electron chi connectivity index (χ0n) is 67.6. The van der Waals surface area contributed by atoms with Crippen LogP contribution in [0, 0.1) is 0 Å². The van der Waals surface area contributed by atoms with Gasteiger partial charge in [-0.25, -0.2) is 9.13 Å². The van der Waals surface area contributed by atoms with Crippen molar-refractivity contribution in [2.75, 3.05) is 39.6 Å². The van der Waals surface area contributed by atoms with E-state index in [1.165, 1.54) is 83.5 Å². The Morgan fingerprint density at radius 1 is 0.266 bits per heavy atom. The summed E-state index contributed by atoms with van der Waals surface area (Å²) in [6.07, 6.45) is 108. The second-order valence-electron chi connectivity index (χ2n) is 27.2. The van der Waals surface area contributed by atoms with Crippen molar-refractivity contribution in [1.29, 1.82) is 0 Å². The van der Waals surface area contributed by atoms with Crippen molar-refractivity contribution in [2.24, 2.45) is 0 Å². The van der Waals surface area contributed by atoms with E-state index in [0.29, 0.717) is 25.7 Å². The van der Waals surface area contributed by atoms with Gasteiger partial charge in [0.05, 0.1) is 26.4 Å². The quantitative estimate of drug-likeness (QED) is 0.0146. The number of unbranched alkanes of at least 4 members (excludes halogenated alkanes) is 22. The van der Waals surface area contributed by atoms with Crippen LogP contribution in [0.5, 0.6) is 0 Å². The van der Waals surface area contributed by atoms with Crippen molar-refractivity contribution in [3.05, 3.63) is 194 Å². The van der Waals surface area contributed by atoms with Crippen molar-refractivity contribution < 1.29 is 75.8 Å². The fourth-order valence-electron chi connectivity index (χ4n) is 10.5. The standard InChI is InChI=1S/C91H148O16P2/c1-4-7-10-13-16-19-22-25-28-31-34-36-38-40-42-44-46-48-51-53-56-59-62-65-68-71-74-77-89(94)101-80-86(92)81-103-108(97,98)104-82-87(93)83-105-109(99,100)106-85-88(107-91(96)79-76-73-70-67-64-61-58-55-50-33-30-27-24-21-18-15-12-9-6-3)84-102-90(95)78-75-72-69-66-63-60-57-54-52-49-47-45-43-41-39-37-35-32-29-26-23-20-17-14-11-8-5-2/h7,9-10,12,16-21,25-30,34-37,40-43,46,48,50,55,61,64,70,73,86-88,92-93H,4-6,8,11,13-15,22-24,31-33,38-39,44-45,47,49,51-54,56-60,62-63,65-69,71-72,74-85H2,1-3H3,(H,97,98)(H,99,100)/b10-7-,12-9-,19-16-,20-17-,21-18-,28-25-,29-26-,30-27-,36-34-,37-35-,42-40-,43-41-,48-46-,55-50-,64-61-,73-70-. The lowest BCUT2D eigenvalue weighted by Crippen LogP contribution is -2.29. The summed E-state index contributed by atoms with van der Waals surface area (Å²) in [5.74, 6) is -1.69. The molecule has 0 saturated heterocycles. The van der Waals surface area contributed by atoms with Crippen LogP contribution >= 0.6 is 15.6 Å². The molecule has 18 heteroatoms. The van der Waals surface area contributed by atoms with Crippen LogP contribution in [0.15, 0.2) is 194 Å². The molecule has 0 aliphatic carbocycles. The highest BCUT2D eigenvalue weighted by molar-refractivity contribution is 7.47. The minimum Gasteiger partial charge on any atom is -0.463 e. The van der Waals surface area contributed by atoms with Crippen LogP contribution in [-0.2, 0) is 55.8 Å². The molecule has 0 amide bonds. The molecule has 5 unspecified atom stereocenters. The normalized spacial score (nSPS) is 14.9. The lowest BCUT2D eigenvalue weighted by molar-refractivity contribution is -0.161. The molecule has 5 atom stereocenters. The maximum absolute atomic E-state index is 13.0. The Bertz CT molecular complexity index is 2760. The van der Waals surface area contributed by atoms with Gasteiger partial charge in [0.2, 0.25) is 0 Å². The third kappa shape index (κ3) is 83.2. The summed E-state index contributed by atoms with van der Waals surface area (Å²) in [5.41, 5.74) is 0. The van der Waals surface area contributed by atoms with E-state index in [1.807, 2.05) is 18.2 Å². The van der Waals surface area contributed by atoms with E-state index in [-0.39, 0.29) is 19.3 Å². The number of hydrogen-bond donors (Lipinski definition) is 4.